The van der Waals surface area contributed by atoms with E-state index in [1.165, 1.54) is 22.5 Å². The minimum absolute atomic E-state index is 0.110. The van der Waals surface area contributed by atoms with Crippen LogP contribution in [0.1, 0.15) is 36.0 Å². The van der Waals surface area contributed by atoms with Crippen molar-refractivity contribution in [1.82, 2.24) is 0 Å². The molecule has 2 aromatic rings. The van der Waals surface area contributed by atoms with Crippen molar-refractivity contribution in [2.45, 2.75) is 25.7 Å². The molecule has 0 bridgehead atoms. The molecule has 2 aliphatic carbocycles. The van der Waals surface area contributed by atoms with Crippen LogP contribution in [0, 0.1) is 5.92 Å². The Balaban J connectivity index is 1.56. The SMILES string of the molecule is O=C(O)c1c(NC(=O)C2CC3=C(CCC=C3)C2)csc1-c1ccc(Cl)cc1. The number of rotatable bonds is 4. The molecule has 0 saturated heterocycles. The maximum Gasteiger partial charge on any atom is 0.339 e. The second-order valence-corrected chi connectivity index (χ2v) is 8.15. The number of hydrogen-bond acceptors (Lipinski definition) is 3. The van der Waals surface area contributed by atoms with E-state index < -0.39 is 5.97 Å². The third-order valence-corrected chi connectivity index (χ3v) is 6.37. The number of carboxylic acid groups (broad SMARTS) is 1. The maximum absolute atomic E-state index is 12.8. The number of carbonyl (C=O) groups is 2. The number of anilines is 1. The Hall–Kier alpha value is -2.37. The van der Waals surface area contributed by atoms with Crippen molar-refractivity contribution < 1.29 is 14.7 Å². The van der Waals surface area contributed by atoms with Crippen LogP contribution in [0.2, 0.25) is 5.02 Å². The lowest BCUT2D eigenvalue weighted by atomic mass is 10.0. The zero-order valence-corrected chi connectivity index (χ0v) is 16.1. The van der Waals surface area contributed by atoms with Crippen molar-refractivity contribution in [2.24, 2.45) is 5.92 Å². The fourth-order valence-electron chi connectivity index (χ4n) is 3.74. The summed E-state index contributed by atoms with van der Waals surface area (Å²) in [6.45, 7) is 0. The van der Waals surface area contributed by atoms with Crippen molar-refractivity contribution in [2.75, 3.05) is 5.32 Å². The molecule has 0 fully saturated rings. The number of amides is 1. The van der Waals surface area contributed by atoms with E-state index in [0.29, 0.717) is 15.6 Å². The third-order valence-electron chi connectivity index (χ3n) is 5.09. The standard InChI is InChI=1S/C21H18ClNO3S/c22-16-7-5-12(6-8-16)19-18(21(25)26)17(11-27-19)23-20(24)15-9-13-3-1-2-4-14(13)10-15/h1,3,5-8,11,15H,2,4,9-10H2,(H,23,24)(H,25,26). The van der Waals surface area contributed by atoms with Crippen LogP contribution < -0.4 is 5.32 Å². The molecule has 4 rings (SSSR count). The summed E-state index contributed by atoms with van der Waals surface area (Å²) in [6, 6.07) is 7.02. The van der Waals surface area contributed by atoms with E-state index >= 15 is 0 Å². The molecule has 1 unspecified atom stereocenters. The second kappa shape index (κ2) is 7.33. The summed E-state index contributed by atoms with van der Waals surface area (Å²) >= 11 is 7.23. The van der Waals surface area contributed by atoms with Crippen LogP contribution in [0.3, 0.4) is 0 Å². The minimum Gasteiger partial charge on any atom is -0.478 e. The smallest absolute Gasteiger partial charge is 0.339 e. The monoisotopic (exact) mass is 399 g/mol. The van der Waals surface area contributed by atoms with Gasteiger partial charge in [0.2, 0.25) is 5.91 Å². The lowest BCUT2D eigenvalue weighted by Crippen LogP contribution is -2.22. The van der Waals surface area contributed by atoms with Gasteiger partial charge in [-0.15, -0.1) is 11.3 Å². The predicted octanol–water partition coefficient (Wildman–Crippen LogP) is 5.76. The van der Waals surface area contributed by atoms with E-state index in [1.54, 1.807) is 29.6 Å². The van der Waals surface area contributed by atoms with Gasteiger partial charge in [0.15, 0.2) is 0 Å². The first-order valence-corrected chi connectivity index (χ1v) is 10.1. The summed E-state index contributed by atoms with van der Waals surface area (Å²) < 4.78 is 0. The Morgan fingerprint density at radius 1 is 1.19 bits per heavy atom. The molecule has 4 nitrogen and oxygen atoms in total. The van der Waals surface area contributed by atoms with E-state index in [1.807, 2.05) is 0 Å². The Morgan fingerprint density at radius 2 is 1.96 bits per heavy atom. The Morgan fingerprint density at radius 3 is 2.67 bits per heavy atom. The minimum atomic E-state index is -1.05. The average molecular weight is 400 g/mol. The van der Waals surface area contributed by atoms with E-state index in [4.69, 9.17) is 11.6 Å². The molecule has 2 N–H and O–H groups in total. The van der Waals surface area contributed by atoms with Crippen molar-refractivity contribution in [1.29, 1.82) is 0 Å². The largest absolute Gasteiger partial charge is 0.478 e. The van der Waals surface area contributed by atoms with Crippen molar-refractivity contribution in [3.8, 4) is 10.4 Å². The average Bonchev–Trinajstić information content (AvgIpc) is 3.26. The highest BCUT2D eigenvalue weighted by molar-refractivity contribution is 7.14. The molecule has 27 heavy (non-hydrogen) atoms. The lowest BCUT2D eigenvalue weighted by Gasteiger charge is -2.11. The van der Waals surface area contributed by atoms with Gasteiger partial charge in [0.1, 0.15) is 5.56 Å². The van der Waals surface area contributed by atoms with Crippen LogP contribution in [0.25, 0.3) is 10.4 Å². The molecular weight excluding hydrogens is 382 g/mol. The first-order valence-electron chi connectivity index (χ1n) is 8.82. The highest BCUT2D eigenvalue weighted by Gasteiger charge is 2.30. The number of aromatic carboxylic acids is 1. The third kappa shape index (κ3) is 3.57. The van der Waals surface area contributed by atoms with Crippen LogP contribution in [0.15, 0.2) is 52.9 Å². The molecule has 1 atom stereocenters. The molecule has 0 saturated carbocycles. The van der Waals surface area contributed by atoms with Gasteiger partial charge in [-0.2, -0.15) is 0 Å². The maximum atomic E-state index is 12.8. The number of carbonyl (C=O) groups excluding carboxylic acids is 1. The van der Waals surface area contributed by atoms with Crippen LogP contribution in [0.5, 0.6) is 0 Å². The van der Waals surface area contributed by atoms with E-state index in [0.717, 1.165) is 31.2 Å². The summed E-state index contributed by atoms with van der Waals surface area (Å²) in [5.74, 6) is -1.29. The van der Waals surface area contributed by atoms with Crippen molar-refractivity contribution in [3.63, 3.8) is 0 Å². The van der Waals surface area contributed by atoms with Gasteiger partial charge in [0.05, 0.1) is 10.6 Å². The number of carboxylic acids is 1. The molecule has 1 heterocycles. The molecule has 138 valence electrons. The highest BCUT2D eigenvalue weighted by Crippen LogP contribution is 2.40. The molecule has 0 spiro atoms. The summed E-state index contributed by atoms with van der Waals surface area (Å²) in [5, 5.41) is 14.9. The van der Waals surface area contributed by atoms with Crippen LogP contribution in [-0.4, -0.2) is 17.0 Å². The molecule has 6 heteroatoms. The van der Waals surface area contributed by atoms with Gasteiger partial charge in [-0.3, -0.25) is 4.79 Å². The molecule has 0 aliphatic heterocycles. The van der Waals surface area contributed by atoms with Crippen LogP contribution >= 0.6 is 22.9 Å². The summed E-state index contributed by atoms with van der Waals surface area (Å²) in [6.07, 6.45) is 7.83. The predicted molar refractivity (Wildman–Crippen MR) is 108 cm³/mol. The van der Waals surface area contributed by atoms with Crippen LogP contribution in [0.4, 0.5) is 5.69 Å². The van der Waals surface area contributed by atoms with Crippen LogP contribution in [-0.2, 0) is 4.79 Å². The first-order chi connectivity index (χ1) is 13.0. The number of nitrogens with one attached hydrogen (secondary N) is 1. The fourth-order valence-corrected chi connectivity index (χ4v) is 4.86. The Labute approximate surface area is 166 Å². The van der Waals surface area contributed by atoms with Gasteiger partial charge >= 0.3 is 5.97 Å². The number of halogens is 1. The summed E-state index contributed by atoms with van der Waals surface area (Å²) in [5.41, 5.74) is 3.90. The molecule has 2 aliphatic rings. The zero-order valence-electron chi connectivity index (χ0n) is 14.5. The van der Waals surface area contributed by atoms with Gasteiger partial charge in [0.25, 0.3) is 0 Å². The van der Waals surface area contributed by atoms with Gasteiger partial charge in [-0.05, 0) is 49.0 Å². The fraction of sp³-hybridized carbons (Fsp3) is 0.238. The van der Waals surface area contributed by atoms with Gasteiger partial charge < -0.3 is 10.4 Å². The molecule has 1 aromatic heterocycles. The highest BCUT2D eigenvalue weighted by atomic mass is 35.5. The molecule has 1 aromatic carbocycles. The zero-order chi connectivity index (χ0) is 19.0. The quantitative estimate of drug-likeness (QED) is 0.686. The second-order valence-electron chi connectivity index (χ2n) is 6.83. The van der Waals surface area contributed by atoms with E-state index in [2.05, 4.69) is 17.5 Å². The van der Waals surface area contributed by atoms with Gasteiger partial charge in [-0.1, -0.05) is 41.5 Å². The Kier molecular flexibility index (Phi) is 4.89. The Bertz CT molecular complexity index is 972. The molecular formula is C21H18ClNO3S. The topological polar surface area (TPSA) is 66.4 Å². The van der Waals surface area contributed by atoms with Crippen molar-refractivity contribution >= 4 is 40.5 Å². The number of benzene rings is 1. The summed E-state index contributed by atoms with van der Waals surface area (Å²) in [4.78, 5) is 25.2. The molecule has 0 radical (unpaired) electrons. The van der Waals surface area contributed by atoms with Gasteiger partial charge in [-0.25, -0.2) is 4.79 Å². The van der Waals surface area contributed by atoms with Crippen molar-refractivity contribution in [3.05, 3.63) is 63.5 Å². The van der Waals surface area contributed by atoms with E-state index in [9.17, 15) is 14.7 Å². The van der Waals surface area contributed by atoms with Gasteiger partial charge in [0, 0.05) is 16.3 Å². The number of allylic oxidation sites excluding steroid dienone is 4. The number of hydrogen-bond donors (Lipinski definition) is 2. The molecule has 1 amide bonds. The lowest BCUT2D eigenvalue weighted by molar-refractivity contribution is -0.119. The van der Waals surface area contributed by atoms with E-state index in [-0.39, 0.29) is 17.4 Å². The normalized spacial score (nSPS) is 18.5. The number of thiophene rings is 1. The first kappa shape index (κ1) is 18.0. The summed E-state index contributed by atoms with van der Waals surface area (Å²) in [7, 11) is 0.